The van der Waals surface area contributed by atoms with Gasteiger partial charge in [-0.1, -0.05) is 0 Å². The summed E-state index contributed by atoms with van der Waals surface area (Å²) in [5, 5.41) is 0. The van der Waals surface area contributed by atoms with Crippen molar-refractivity contribution >= 4 is 13.6 Å². The largest absolute Gasteiger partial charge is 0.462 e. The van der Waals surface area contributed by atoms with Crippen LogP contribution in [0.4, 0.5) is 0 Å². The summed E-state index contributed by atoms with van der Waals surface area (Å²) in [6.45, 7) is 3.95. The summed E-state index contributed by atoms with van der Waals surface area (Å²) in [5.74, 6) is -0.484. The maximum absolute atomic E-state index is 12.1. The number of hydrogen-bond donors (Lipinski definition) is 0. The number of ether oxygens (including phenoxy) is 1. The Labute approximate surface area is 102 Å². The van der Waals surface area contributed by atoms with Crippen molar-refractivity contribution in [1.82, 2.24) is 0 Å². The lowest BCUT2D eigenvalue weighted by atomic mass is 10.3. The molecule has 0 aromatic carbocycles. The predicted octanol–water partition coefficient (Wildman–Crippen LogP) is 2.74. The summed E-state index contributed by atoms with van der Waals surface area (Å²) in [6.07, 6.45) is 3.68. The second-order valence-electron chi connectivity index (χ2n) is 4.00. The van der Waals surface area contributed by atoms with Crippen molar-refractivity contribution in [2.24, 2.45) is 0 Å². The highest BCUT2D eigenvalue weighted by atomic mass is 31.2. The fourth-order valence-electron chi connectivity index (χ4n) is 1.91. The van der Waals surface area contributed by atoms with Crippen molar-refractivity contribution in [2.75, 3.05) is 19.4 Å². The molecule has 0 spiro atoms. The van der Waals surface area contributed by atoms with Gasteiger partial charge in [0.15, 0.2) is 0 Å². The molecule has 0 aromatic heterocycles. The molecule has 0 saturated heterocycles. The van der Waals surface area contributed by atoms with Crippen LogP contribution in [0.2, 0.25) is 0 Å². The van der Waals surface area contributed by atoms with E-state index < -0.39 is 13.6 Å². The van der Waals surface area contributed by atoms with Crippen LogP contribution in [-0.2, 0) is 23.1 Å². The van der Waals surface area contributed by atoms with Crippen LogP contribution in [-0.4, -0.2) is 31.4 Å². The highest BCUT2D eigenvalue weighted by molar-refractivity contribution is 7.54. The van der Waals surface area contributed by atoms with E-state index in [1.165, 1.54) is 0 Å². The quantitative estimate of drug-likeness (QED) is 0.522. The van der Waals surface area contributed by atoms with E-state index in [4.69, 9.17) is 13.8 Å². The van der Waals surface area contributed by atoms with Gasteiger partial charge in [-0.2, -0.15) is 0 Å². The molecule has 1 rings (SSSR count). The topological polar surface area (TPSA) is 61.8 Å². The zero-order valence-electron chi connectivity index (χ0n) is 10.5. The predicted molar refractivity (Wildman–Crippen MR) is 64.1 cm³/mol. The first-order valence-electron chi connectivity index (χ1n) is 6.17. The molecule has 0 atom stereocenters. The van der Waals surface area contributed by atoms with Crippen LogP contribution in [0.3, 0.4) is 0 Å². The second kappa shape index (κ2) is 7.14. The number of rotatable bonds is 7. The van der Waals surface area contributed by atoms with Gasteiger partial charge in [-0.3, -0.25) is 9.36 Å². The van der Waals surface area contributed by atoms with Crippen LogP contribution < -0.4 is 0 Å². The Balaban J connectivity index is 2.42. The Kier molecular flexibility index (Phi) is 6.17. The molecule has 1 fully saturated rings. The first-order chi connectivity index (χ1) is 8.09. The summed E-state index contributed by atoms with van der Waals surface area (Å²) in [5.41, 5.74) is 0. The molecule has 1 saturated carbocycles. The molecule has 17 heavy (non-hydrogen) atoms. The third-order valence-corrected chi connectivity index (χ3v) is 4.52. The molecule has 5 nitrogen and oxygen atoms in total. The Morgan fingerprint density at radius 1 is 1.18 bits per heavy atom. The smallest absolute Gasteiger partial charge is 0.341 e. The molecule has 0 heterocycles. The summed E-state index contributed by atoms with van der Waals surface area (Å²) in [7, 11) is -3.31. The highest BCUT2D eigenvalue weighted by Crippen LogP contribution is 2.48. The Hall–Kier alpha value is -0.380. The van der Waals surface area contributed by atoms with Crippen LogP contribution in [0.5, 0.6) is 0 Å². The molecular formula is C11H21O5P. The zero-order chi connectivity index (χ0) is 12.7. The lowest BCUT2D eigenvalue weighted by Crippen LogP contribution is -2.19. The van der Waals surface area contributed by atoms with Gasteiger partial charge in [-0.15, -0.1) is 0 Å². The van der Waals surface area contributed by atoms with Gasteiger partial charge in [-0.05, 0) is 39.5 Å². The van der Waals surface area contributed by atoms with Crippen molar-refractivity contribution in [3.05, 3.63) is 0 Å². The van der Waals surface area contributed by atoms with Crippen molar-refractivity contribution < 1.29 is 23.1 Å². The minimum atomic E-state index is -3.31. The van der Waals surface area contributed by atoms with Crippen LogP contribution in [0, 0.1) is 0 Å². The van der Waals surface area contributed by atoms with Crippen LogP contribution >= 0.6 is 7.60 Å². The molecular weight excluding hydrogens is 243 g/mol. The molecule has 0 amide bonds. The number of hydrogen-bond acceptors (Lipinski definition) is 5. The lowest BCUT2D eigenvalue weighted by molar-refractivity contribution is -0.145. The van der Waals surface area contributed by atoms with E-state index >= 15 is 0 Å². The minimum absolute atomic E-state index is 0.0146. The molecule has 1 aliphatic rings. The third kappa shape index (κ3) is 5.19. The summed E-state index contributed by atoms with van der Waals surface area (Å²) in [4.78, 5) is 11.6. The summed E-state index contributed by atoms with van der Waals surface area (Å²) >= 11 is 0. The van der Waals surface area contributed by atoms with Crippen LogP contribution in [0.1, 0.15) is 39.5 Å². The van der Waals surface area contributed by atoms with Gasteiger partial charge < -0.3 is 13.8 Å². The Morgan fingerprint density at radius 2 is 1.71 bits per heavy atom. The molecule has 0 unspecified atom stereocenters. The van der Waals surface area contributed by atoms with E-state index in [-0.39, 0.29) is 25.5 Å². The van der Waals surface area contributed by atoms with Crippen molar-refractivity contribution in [2.45, 2.75) is 45.6 Å². The van der Waals surface area contributed by atoms with E-state index in [1.54, 1.807) is 13.8 Å². The molecule has 6 heteroatoms. The molecule has 100 valence electrons. The van der Waals surface area contributed by atoms with E-state index in [9.17, 15) is 9.36 Å². The standard InChI is InChI=1S/C11H21O5P/c1-3-14-17(13,15-4-2)9-11(12)16-10-7-5-6-8-10/h10H,3-9H2,1-2H3. The fourth-order valence-corrected chi connectivity index (χ4v) is 3.34. The van der Waals surface area contributed by atoms with Gasteiger partial charge in [0.1, 0.15) is 12.3 Å². The van der Waals surface area contributed by atoms with Crippen molar-refractivity contribution in [3.8, 4) is 0 Å². The first-order valence-corrected chi connectivity index (χ1v) is 7.90. The average molecular weight is 264 g/mol. The van der Waals surface area contributed by atoms with Gasteiger partial charge in [0.2, 0.25) is 0 Å². The van der Waals surface area contributed by atoms with Crippen LogP contribution in [0.25, 0.3) is 0 Å². The normalized spacial score (nSPS) is 17.3. The molecule has 1 aliphatic carbocycles. The Morgan fingerprint density at radius 3 is 2.18 bits per heavy atom. The maximum atomic E-state index is 12.1. The zero-order valence-corrected chi connectivity index (χ0v) is 11.4. The van der Waals surface area contributed by atoms with Gasteiger partial charge in [0.25, 0.3) is 0 Å². The summed E-state index contributed by atoms with van der Waals surface area (Å²) in [6, 6.07) is 0. The molecule has 0 N–H and O–H groups in total. The SMILES string of the molecule is CCOP(=O)(CC(=O)OC1CCCC1)OCC. The van der Waals surface area contributed by atoms with Crippen molar-refractivity contribution in [1.29, 1.82) is 0 Å². The van der Waals surface area contributed by atoms with Gasteiger partial charge >= 0.3 is 13.6 Å². The second-order valence-corrected chi connectivity index (χ2v) is 6.06. The third-order valence-electron chi connectivity index (χ3n) is 2.57. The number of carbonyl (C=O) groups excluding carboxylic acids is 1. The lowest BCUT2D eigenvalue weighted by Gasteiger charge is -2.17. The van der Waals surface area contributed by atoms with Gasteiger partial charge in [-0.25, -0.2) is 0 Å². The van der Waals surface area contributed by atoms with Gasteiger partial charge in [0, 0.05) is 0 Å². The van der Waals surface area contributed by atoms with E-state index in [2.05, 4.69) is 0 Å². The monoisotopic (exact) mass is 264 g/mol. The Bertz CT molecular complexity index is 276. The highest BCUT2D eigenvalue weighted by Gasteiger charge is 2.30. The number of esters is 1. The minimum Gasteiger partial charge on any atom is -0.462 e. The molecule has 0 radical (unpaired) electrons. The van der Waals surface area contributed by atoms with Gasteiger partial charge in [0.05, 0.1) is 13.2 Å². The van der Waals surface area contributed by atoms with Crippen LogP contribution in [0.15, 0.2) is 0 Å². The first kappa shape index (κ1) is 14.7. The van der Waals surface area contributed by atoms with E-state index in [0.29, 0.717) is 0 Å². The summed E-state index contributed by atoms with van der Waals surface area (Å²) < 4.78 is 27.4. The molecule has 0 aliphatic heterocycles. The fraction of sp³-hybridized carbons (Fsp3) is 0.909. The molecule has 0 aromatic rings. The maximum Gasteiger partial charge on any atom is 0.341 e. The molecule has 0 bridgehead atoms. The van der Waals surface area contributed by atoms with E-state index in [1.807, 2.05) is 0 Å². The van der Waals surface area contributed by atoms with E-state index in [0.717, 1.165) is 25.7 Å². The number of carbonyl (C=O) groups is 1. The average Bonchev–Trinajstić information content (AvgIpc) is 2.70. The van der Waals surface area contributed by atoms with Crippen molar-refractivity contribution in [3.63, 3.8) is 0 Å².